The summed E-state index contributed by atoms with van der Waals surface area (Å²) in [4.78, 5) is 18.0. The molecule has 1 N–H and O–H groups in total. The molecule has 0 radical (unpaired) electrons. The van der Waals surface area contributed by atoms with Gasteiger partial charge in [0.05, 0.1) is 10.6 Å². The summed E-state index contributed by atoms with van der Waals surface area (Å²) in [5.74, 6) is 3.01. The van der Waals surface area contributed by atoms with E-state index < -0.39 is 0 Å². The Morgan fingerprint density at radius 2 is 1.78 bits per heavy atom. The van der Waals surface area contributed by atoms with E-state index in [2.05, 4.69) is 64.4 Å². The molecular weight excluding hydrogens is 356 g/mol. The summed E-state index contributed by atoms with van der Waals surface area (Å²) >= 11 is 1.88. The molecule has 27 heavy (non-hydrogen) atoms. The molecule has 0 saturated carbocycles. The van der Waals surface area contributed by atoms with Crippen LogP contribution in [-0.4, -0.2) is 74.0 Å². The second kappa shape index (κ2) is 8.35. The third-order valence-electron chi connectivity index (χ3n) is 5.04. The summed E-state index contributed by atoms with van der Waals surface area (Å²) in [7, 11) is 4.19. The number of likely N-dealkylation sites (N-methyl/N-ethyl adjacent to an activating group) is 1. The Bertz CT molecular complexity index is 759. The lowest BCUT2D eigenvalue weighted by Crippen LogP contribution is -2.47. The van der Waals surface area contributed by atoms with Gasteiger partial charge in [0.2, 0.25) is 5.95 Å². The second-order valence-corrected chi connectivity index (χ2v) is 8.39. The number of aryl methyl sites for hydroxylation is 1. The van der Waals surface area contributed by atoms with Gasteiger partial charge in [-0.05, 0) is 26.2 Å². The Balaban J connectivity index is 1.46. The Hall–Kier alpha value is -1.99. The molecule has 7 heteroatoms. The van der Waals surface area contributed by atoms with E-state index >= 15 is 0 Å². The van der Waals surface area contributed by atoms with Crippen molar-refractivity contribution in [2.24, 2.45) is 0 Å². The van der Waals surface area contributed by atoms with Crippen molar-refractivity contribution in [2.45, 2.75) is 11.3 Å². The number of thioether (sulfide) groups is 1. The predicted molar refractivity (Wildman–Crippen MR) is 114 cm³/mol. The van der Waals surface area contributed by atoms with Crippen LogP contribution in [0.25, 0.3) is 0 Å². The number of aromatic nitrogens is 2. The average molecular weight is 385 g/mol. The van der Waals surface area contributed by atoms with Crippen LogP contribution in [0.15, 0.2) is 35.2 Å². The van der Waals surface area contributed by atoms with Gasteiger partial charge in [0, 0.05) is 57.1 Å². The van der Waals surface area contributed by atoms with Crippen molar-refractivity contribution in [1.29, 1.82) is 0 Å². The fraction of sp³-hybridized carbons (Fsp3) is 0.500. The number of nitrogens with one attached hydrogen (secondary N) is 1. The highest BCUT2D eigenvalue weighted by Crippen LogP contribution is 2.36. The van der Waals surface area contributed by atoms with Gasteiger partial charge in [-0.2, -0.15) is 4.98 Å². The molecule has 1 aromatic heterocycles. The Morgan fingerprint density at radius 1 is 1.04 bits per heavy atom. The van der Waals surface area contributed by atoms with Gasteiger partial charge in [-0.15, -0.1) is 11.8 Å². The van der Waals surface area contributed by atoms with Crippen molar-refractivity contribution in [2.75, 3.05) is 74.2 Å². The number of benzene rings is 1. The third kappa shape index (κ3) is 4.30. The van der Waals surface area contributed by atoms with Crippen LogP contribution < -0.4 is 15.1 Å². The number of anilines is 3. The quantitative estimate of drug-likeness (QED) is 0.821. The smallest absolute Gasteiger partial charge is 0.227 e. The molecular formula is C20H28N6S. The minimum absolute atomic E-state index is 0.885. The zero-order valence-electron chi connectivity index (χ0n) is 16.2. The van der Waals surface area contributed by atoms with E-state index in [9.17, 15) is 0 Å². The van der Waals surface area contributed by atoms with Crippen LogP contribution in [0.2, 0.25) is 0 Å². The molecule has 2 aliphatic rings. The molecule has 144 valence electrons. The zero-order valence-corrected chi connectivity index (χ0v) is 17.0. The number of rotatable bonds is 6. The standard InChI is InChI=1S/C20H28N6S/c1-24(2)10-9-21-19-18-17(8-15-27-18)22-20(23-19)26-13-11-25(12-14-26)16-6-4-3-5-7-16/h3-7H,8-15H2,1-2H3,(H,21,22,23). The fourth-order valence-corrected chi connectivity index (χ4v) is 4.59. The van der Waals surface area contributed by atoms with Crippen LogP contribution in [0.4, 0.5) is 17.5 Å². The van der Waals surface area contributed by atoms with Gasteiger partial charge >= 0.3 is 0 Å². The highest BCUT2D eigenvalue weighted by molar-refractivity contribution is 7.99. The topological polar surface area (TPSA) is 47.5 Å². The van der Waals surface area contributed by atoms with Crippen LogP contribution in [0.5, 0.6) is 0 Å². The molecule has 2 aliphatic heterocycles. The molecule has 2 aromatic rings. The van der Waals surface area contributed by atoms with Crippen molar-refractivity contribution in [3.63, 3.8) is 0 Å². The normalized spacial score (nSPS) is 16.7. The van der Waals surface area contributed by atoms with E-state index in [0.29, 0.717) is 0 Å². The van der Waals surface area contributed by atoms with Crippen LogP contribution >= 0.6 is 11.8 Å². The Morgan fingerprint density at radius 3 is 2.52 bits per heavy atom. The van der Waals surface area contributed by atoms with Crippen molar-refractivity contribution in [1.82, 2.24) is 14.9 Å². The number of piperazine rings is 1. The highest BCUT2D eigenvalue weighted by Gasteiger charge is 2.24. The summed E-state index contributed by atoms with van der Waals surface area (Å²) in [6.45, 7) is 5.81. The monoisotopic (exact) mass is 384 g/mol. The lowest BCUT2D eigenvalue weighted by Gasteiger charge is -2.36. The second-order valence-electron chi connectivity index (χ2n) is 7.29. The SMILES string of the molecule is CN(C)CCNc1nc(N2CCN(c3ccccc3)CC2)nc2c1SCC2. The number of hydrogen-bond donors (Lipinski definition) is 1. The van der Waals surface area contributed by atoms with Crippen molar-refractivity contribution < 1.29 is 0 Å². The van der Waals surface area contributed by atoms with Crippen LogP contribution in [0.1, 0.15) is 5.69 Å². The van der Waals surface area contributed by atoms with Crippen molar-refractivity contribution in [3.8, 4) is 0 Å². The van der Waals surface area contributed by atoms with Crippen molar-refractivity contribution >= 4 is 29.2 Å². The Kier molecular flexibility index (Phi) is 5.69. The maximum atomic E-state index is 4.91. The van der Waals surface area contributed by atoms with Crippen LogP contribution in [-0.2, 0) is 6.42 Å². The summed E-state index contributed by atoms with van der Waals surface area (Å²) in [6, 6.07) is 10.7. The van der Waals surface area contributed by atoms with Gasteiger partial charge in [-0.25, -0.2) is 4.98 Å². The average Bonchev–Trinajstić information content (AvgIpc) is 3.17. The molecule has 0 spiro atoms. The van der Waals surface area contributed by atoms with Gasteiger partial charge < -0.3 is 20.0 Å². The van der Waals surface area contributed by atoms with Gasteiger partial charge in [0.25, 0.3) is 0 Å². The third-order valence-corrected chi connectivity index (χ3v) is 6.17. The summed E-state index contributed by atoms with van der Waals surface area (Å²) in [6.07, 6.45) is 1.04. The molecule has 4 rings (SSSR count). The maximum absolute atomic E-state index is 4.91. The first-order chi connectivity index (χ1) is 13.2. The lowest BCUT2D eigenvalue weighted by molar-refractivity contribution is 0.425. The summed E-state index contributed by atoms with van der Waals surface area (Å²) < 4.78 is 0. The summed E-state index contributed by atoms with van der Waals surface area (Å²) in [5, 5.41) is 3.54. The minimum Gasteiger partial charge on any atom is -0.368 e. The molecule has 6 nitrogen and oxygen atoms in total. The maximum Gasteiger partial charge on any atom is 0.227 e. The van der Waals surface area contributed by atoms with E-state index in [-0.39, 0.29) is 0 Å². The van der Waals surface area contributed by atoms with E-state index in [4.69, 9.17) is 9.97 Å². The molecule has 1 aromatic carbocycles. The van der Waals surface area contributed by atoms with Gasteiger partial charge in [-0.3, -0.25) is 0 Å². The van der Waals surface area contributed by atoms with E-state index in [1.165, 1.54) is 16.3 Å². The zero-order chi connectivity index (χ0) is 18.6. The lowest BCUT2D eigenvalue weighted by atomic mass is 10.2. The number of hydrogen-bond acceptors (Lipinski definition) is 7. The number of para-hydroxylation sites is 1. The molecule has 0 atom stereocenters. The molecule has 0 aliphatic carbocycles. The van der Waals surface area contributed by atoms with E-state index in [1.54, 1.807) is 0 Å². The number of fused-ring (bicyclic) bond motifs is 1. The van der Waals surface area contributed by atoms with Gasteiger partial charge in [0.1, 0.15) is 5.82 Å². The highest BCUT2D eigenvalue weighted by atomic mass is 32.2. The fourth-order valence-electron chi connectivity index (χ4n) is 3.52. The van der Waals surface area contributed by atoms with Gasteiger partial charge in [0.15, 0.2) is 0 Å². The first kappa shape index (κ1) is 18.4. The first-order valence-electron chi connectivity index (χ1n) is 9.68. The first-order valence-corrected chi connectivity index (χ1v) is 10.7. The molecule has 0 bridgehead atoms. The van der Waals surface area contributed by atoms with Gasteiger partial charge in [-0.1, -0.05) is 18.2 Å². The minimum atomic E-state index is 0.885. The largest absolute Gasteiger partial charge is 0.368 e. The van der Waals surface area contributed by atoms with Crippen molar-refractivity contribution in [3.05, 3.63) is 36.0 Å². The Labute approximate surface area is 166 Å². The number of nitrogens with zero attached hydrogens (tertiary/aromatic N) is 5. The molecule has 1 saturated heterocycles. The van der Waals surface area contributed by atoms with Crippen LogP contribution in [0.3, 0.4) is 0 Å². The van der Waals surface area contributed by atoms with E-state index in [0.717, 1.165) is 63.2 Å². The predicted octanol–water partition coefficient (Wildman–Crippen LogP) is 2.42. The molecule has 0 unspecified atom stereocenters. The molecule has 3 heterocycles. The van der Waals surface area contributed by atoms with Crippen LogP contribution in [0, 0.1) is 0 Å². The molecule has 0 amide bonds. The summed E-state index contributed by atoms with van der Waals surface area (Å²) in [5.41, 5.74) is 2.51. The molecule has 1 fully saturated rings. The van der Waals surface area contributed by atoms with E-state index in [1.807, 2.05) is 11.8 Å².